The second kappa shape index (κ2) is 4.24. The van der Waals surface area contributed by atoms with Crippen LogP contribution < -0.4 is 5.73 Å². The van der Waals surface area contributed by atoms with Gasteiger partial charge < -0.3 is 5.73 Å². The van der Waals surface area contributed by atoms with E-state index < -0.39 is 0 Å². The molecule has 0 aromatic carbocycles. The quantitative estimate of drug-likeness (QED) is 0.858. The number of aromatic nitrogens is 2. The largest absolute Gasteiger partial charge is 0.330 e. The summed E-state index contributed by atoms with van der Waals surface area (Å²) in [7, 11) is 0. The van der Waals surface area contributed by atoms with Crippen LogP contribution in [0.5, 0.6) is 0 Å². The van der Waals surface area contributed by atoms with E-state index in [0.717, 1.165) is 15.9 Å². The molecule has 0 saturated carbocycles. The van der Waals surface area contributed by atoms with E-state index in [9.17, 15) is 0 Å². The SMILES string of the molecule is Cc1[nH]nc(C(CN)C(C)C)c1Br. The summed E-state index contributed by atoms with van der Waals surface area (Å²) in [6.07, 6.45) is 0. The zero-order valence-corrected chi connectivity index (χ0v) is 9.85. The van der Waals surface area contributed by atoms with Crippen molar-refractivity contribution in [3.8, 4) is 0 Å². The molecule has 0 amide bonds. The van der Waals surface area contributed by atoms with Gasteiger partial charge in [0.25, 0.3) is 0 Å². The zero-order valence-electron chi connectivity index (χ0n) is 8.26. The van der Waals surface area contributed by atoms with Crippen LogP contribution in [-0.2, 0) is 0 Å². The maximum absolute atomic E-state index is 5.71. The number of halogens is 1. The minimum atomic E-state index is 0.333. The molecule has 0 aliphatic carbocycles. The lowest BCUT2D eigenvalue weighted by atomic mass is 9.93. The van der Waals surface area contributed by atoms with Crippen LogP contribution in [0, 0.1) is 12.8 Å². The Hall–Kier alpha value is -0.350. The van der Waals surface area contributed by atoms with E-state index in [-0.39, 0.29) is 0 Å². The van der Waals surface area contributed by atoms with Gasteiger partial charge in [-0.05, 0) is 28.8 Å². The Bertz CT molecular complexity index is 280. The van der Waals surface area contributed by atoms with Crippen LogP contribution in [0.25, 0.3) is 0 Å². The van der Waals surface area contributed by atoms with Crippen LogP contribution in [0.15, 0.2) is 4.47 Å². The topological polar surface area (TPSA) is 54.7 Å². The maximum Gasteiger partial charge on any atom is 0.0812 e. The minimum absolute atomic E-state index is 0.333. The van der Waals surface area contributed by atoms with Gasteiger partial charge in [0.05, 0.1) is 10.2 Å². The fraction of sp³-hybridized carbons (Fsp3) is 0.667. The van der Waals surface area contributed by atoms with Gasteiger partial charge >= 0.3 is 0 Å². The van der Waals surface area contributed by atoms with Gasteiger partial charge in [-0.1, -0.05) is 13.8 Å². The molecule has 1 aromatic rings. The molecule has 3 N–H and O–H groups in total. The number of hydrogen-bond acceptors (Lipinski definition) is 2. The maximum atomic E-state index is 5.71. The first-order chi connectivity index (χ1) is 6.07. The lowest BCUT2D eigenvalue weighted by molar-refractivity contribution is 0.493. The molecular formula is C9H16BrN3. The van der Waals surface area contributed by atoms with E-state index in [0.29, 0.717) is 18.4 Å². The van der Waals surface area contributed by atoms with Crippen molar-refractivity contribution in [3.05, 3.63) is 15.9 Å². The molecule has 0 spiro atoms. The molecule has 74 valence electrons. The van der Waals surface area contributed by atoms with Gasteiger partial charge in [0.2, 0.25) is 0 Å². The van der Waals surface area contributed by atoms with Crippen molar-refractivity contribution >= 4 is 15.9 Å². The predicted molar refractivity (Wildman–Crippen MR) is 57.7 cm³/mol. The predicted octanol–water partition coefficient (Wildman–Crippen LogP) is 2.18. The summed E-state index contributed by atoms with van der Waals surface area (Å²) in [5.41, 5.74) is 7.82. The van der Waals surface area contributed by atoms with Crippen molar-refractivity contribution in [2.75, 3.05) is 6.54 Å². The van der Waals surface area contributed by atoms with Crippen LogP contribution in [0.2, 0.25) is 0 Å². The second-order valence-electron chi connectivity index (χ2n) is 3.63. The lowest BCUT2D eigenvalue weighted by Crippen LogP contribution is -2.18. The molecule has 13 heavy (non-hydrogen) atoms. The number of aromatic amines is 1. The normalized spacial score (nSPS) is 13.7. The smallest absolute Gasteiger partial charge is 0.0812 e. The molecule has 0 bridgehead atoms. The van der Waals surface area contributed by atoms with Crippen molar-refractivity contribution in [3.63, 3.8) is 0 Å². The average Bonchev–Trinajstić information content (AvgIpc) is 2.37. The number of H-pyrrole nitrogens is 1. The number of hydrogen-bond donors (Lipinski definition) is 2. The van der Waals surface area contributed by atoms with E-state index in [1.165, 1.54) is 0 Å². The first kappa shape index (κ1) is 10.7. The van der Waals surface area contributed by atoms with Crippen molar-refractivity contribution in [2.45, 2.75) is 26.7 Å². The molecule has 0 radical (unpaired) electrons. The summed E-state index contributed by atoms with van der Waals surface area (Å²) in [5, 5.41) is 7.21. The summed E-state index contributed by atoms with van der Waals surface area (Å²) in [5.74, 6) is 0.850. The van der Waals surface area contributed by atoms with Gasteiger partial charge in [0, 0.05) is 18.2 Å². The monoisotopic (exact) mass is 245 g/mol. The fourth-order valence-electron chi connectivity index (χ4n) is 1.38. The first-order valence-corrected chi connectivity index (χ1v) is 5.27. The Labute approximate surface area is 87.2 Å². The highest BCUT2D eigenvalue weighted by Gasteiger charge is 2.20. The Morgan fingerprint density at radius 2 is 2.15 bits per heavy atom. The highest BCUT2D eigenvalue weighted by atomic mass is 79.9. The third-order valence-electron chi connectivity index (χ3n) is 2.31. The highest BCUT2D eigenvalue weighted by Crippen LogP contribution is 2.29. The second-order valence-corrected chi connectivity index (χ2v) is 4.43. The van der Waals surface area contributed by atoms with E-state index in [1.54, 1.807) is 0 Å². The number of nitrogens with one attached hydrogen (secondary N) is 1. The molecule has 0 aliphatic heterocycles. The van der Waals surface area contributed by atoms with E-state index in [4.69, 9.17) is 5.73 Å². The lowest BCUT2D eigenvalue weighted by Gasteiger charge is -2.16. The molecule has 0 saturated heterocycles. The van der Waals surface area contributed by atoms with Crippen LogP contribution in [-0.4, -0.2) is 16.7 Å². The number of nitrogens with zero attached hydrogens (tertiary/aromatic N) is 1. The summed E-state index contributed by atoms with van der Waals surface area (Å²) in [4.78, 5) is 0. The molecule has 0 fully saturated rings. The number of rotatable bonds is 3. The van der Waals surface area contributed by atoms with E-state index in [2.05, 4.69) is 40.0 Å². The number of nitrogens with two attached hydrogens (primary N) is 1. The van der Waals surface area contributed by atoms with Crippen LogP contribution >= 0.6 is 15.9 Å². The molecule has 3 nitrogen and oxygen atoms in total. The molecule has 1 rings (SSSR count). The highest BCUT2D eigenvalue weighted by molar-refractivity contribution is 9.10. The minimum Gasteiger partial charge on any atom is -0.330 e. The Morgan fingerprint density at radius 3 is 2.46 bits per heavy atom. The molecule has 1 aromatic heterocycles. The third kappa shape index (κ3) is 2.11. The van der Waals surface area contributed by atoms with Gasteiger partial charge in [0.1, 0.15) is 0 Å². The van der Waals surface area contributed by atoms with Gasteiger partial charge in [-0.25, -0.2) is 0 Å². The summed E-state index contributed by atoms with van der Waals surface area (Å²) in [6.45, 7) is 6.96. The van der Waals surface area contributed by atoms with Crippen LogP contribution in [0.3, 0.4) is 0 Å². The molecule has 1 unspecified atom stereocenters. The van der Waals surface area contributed by atoms with Gasteiger partial charge in [-0.3, -0.25) is 5.10 Å². The van der Waals surface area contributed by atoms with Crippen molar-refractivity contribution < 1.29 is 0 Å². The molecule has 1 atom stereocenters. The van der Waals surface area contributed by atoms with Gasteiger partial charge in [0.15, 0.2) is 0 Å². The summed E-state index contributed by atoms with van der Waals surface area (Å²) in [6, 6.07) is 0. The zero-order chi connectivity index (χ0) is 10.0. The summed E-state index contributed by atoms with van der Waals surface area (Å²) >= 11 is 3.51. The Balaban J connectivity index is 2.98. The van der Waals surface area contributed by atoms with Crippen LogP contribution in [0.4, 0.5) is 0 Å². The molecular weight excluding hydrogens is 230 g/mol. The summed E-state index contributed by atoms with van der Waals surface area (Å²) < 4.78 is 1.07. The molecule has 0 aliphatic rings. The third-order valence-corrected chi connectivity index (χ3v) is 3.31. The van der Waals surface area contributed by atoms with E-state index >= 15 is 0 Å². The van der Waals surface area contributed by atoms with E-state index in [1.807, 2.05) is 6.92 Å². The first-order valence-electron chi connectivity index (χ1n) is 4.48. The average molecular weight is 246 g/mol. The van der Waals surface area contributed by atoms with Gasteiger partial charge in [-0.15, -0.1) is 0 Å². The van der Waals surface area contributed by atoms with Crippen molar-refractivity contribution in [2.24, 2.45) is 11.7 Å². The molecule has 1 heterocycles. The van der Waals surface area contributed by atoms with Crippen LogP contribution in [0.1, 0.15) is 31.2 Å². The Kier molecular flexibility index (Phi) is 3.50. The van der Waals surface area contributed by atoms with Crippen molar-refractivity contribution in [1.82, 2.24) is 10.2 Å². The molecule has 4 heteroatoms. The van der Waals surface area contributed by atoms with Gasteiger partial charge in [-0.2, -0.15) is 5.10 Å². The fourth-order valence-corrected chi connectivity index (χ4v) is 1.85. The standard InChI is InChI=1S/C9H16BrN3/c1-5(2)7(4-11)9-8(10)6(3)12-13-9/h5,7H,4,11H2,1-3H3,(H,12,13). The number of aryl methyl sites for hydroxylation is 1. The van der Waals surface area contributed by atoms with Crippen molar-refractivity contribution in [1.29, 1.82) is 0 Å². The Morgan fingerprint density at radius 1 is 1.54 bits per heavy atom.